The Morgan fingerprint density at radius 1 is 1.40 bits per heavy atom. The molecule has 2 aromatic rings. The van der Waals surface area contributed by atoms with Crippen LogP contribution in [-0.2, 0) is 0 Å². The van der Waals surface area contributed by atoms with Gasteiger partial charge in [0.2, 0.25) is 0 Å². The highest BCUT2D eigenvalue weighted by Gasteiger charge is 2.32. The molecule has 1 aromatic carbocycles. The summed E-state index contributed by atoms with van der Waals surface area (Å²) in [6, 6.07) is 7.47. The molecule has 1 amide bonds. The van der Waals surface area contributed by atoms with E-state index in [1.165, 1.54) is 0 Å². The van der Waals surface area contributed by atoms with Crippen LogP contribution >= 0.6 is 15.9 Å². The van der Waals surface area contributed by atoms with Gasteiger partial charge in [-0.05, 0) is 24.6 Å². The van der Waals surface area contributed by atoms with E-state index >= 15 is 0 Å². The second-order valence-corrected chi connectivity index (χ2v) is 5.85. The van der Waals surface area contributed by atoms with Crippen LogP contribution in [0.15, 0.2) is 34.9 Å². The number of alkyl halides is 1. The monoisotopic (exact) mass is 340 g/mol. The Bertz CT molecular complexity index is 658. The summed E-state index contributed by atoms with van der Waals surface area (Å²) >= 11 is 3.48. The van der Waals surface area contributed by atoms with Crippen molar-refractivity contribution in [2.24, 2.45) is 0 Å². The first-order chi connectivity index (χ1) is 9.58. The van der Waals surface area contributed by atoms with Crippen molar-refractivity contribution < 1.29 is 14.3 Å². The SMILES string of the molecule is O=C(O)N1CC[C@H](n2ccc3c(Br)cccc32)[C@@H](F)C1. The summed E-state index contributed by atoms with van der Waals surface area (Å²) in [6.45, 7) is 0.307. The van der Waals surface area contributed by atoms with Crippen LogP contribution in [0.2, 0.25) is 0 Å². The fourth-order valence-electron chi connectivity index (χ4n) is 2.82. The topological polar surface area (TPSA) is 45.5 Å². The standard InChI is InChI=1S/C14H14BrFN2O2/c15-10-2-1-3-12-9(10)4-7-18(12)13-5-6-17(14(19)20)8-11(13)16/h1-4,7,11,13H,5-6,8H2,(H,19,20)/t11-,13-/m0/s1. The molecule has 4 nitrogen and oxygen atoms in total. The van der Waals surface area contributed by atoms with Crippen molar-refractivity contribution in [1.29, 1.82) is 0 Å². The Hall–Kier alpha value is -1.56. The Kier molecular flexibility index (Phi) is 3.41. The van der Waals surface area contributed by atoms with Gasteiger partial charge in [-0.3, -0.25) is 0 Å². The van der Waals surface area contributed by atoms with Gasteiger partial charge in [0.05, 0.1) is 12.6 Å². The van der Waals surface area contributed by atoms with E-state index < -0.39 is 12.3 Å². The van der Waals surface area contributed by atoms with E-state index in [-0.39, 0.29) is 12.6 Å². The van der Waals surface area contributed by atoms with Crippen LogP contribution in [0, 0.1) is 0 Å². The first-order valence-corrected chi connectivity index (χ1v) is 7.24. The molecule has 0 bridgehead atoms. The number of halogens is 2. The Balaban J connectivity index is 1.92. The number of hydrogen-bond acceptors (Lipinski definition) is 1. The largest absolute Gasteiger partial charge is 0.465 e. The van der Waals surface area contributed by atoms with Crippen LogP contribution in [-0.4, -0.2) is 39.9 Å². The van der Waals surface area contributed by atoms with Gasteiger partial charge in [-0.25, -0.2) is 9.18 Å². The van der Waals surface area contributed by atoms with Crippen molar-refractivity contribution in [1.82, 2.24) is 9.47 Å². The summed E-state index contributed by atoms with van der Waals surface area (Å²) < 4.78 is 17.2. The fourth-order valence-corrected chi connectivity index (χ4v) is 3.31. The molecule has 6 heteroatoms. The third-order valence-electron chi connectivity index (χ3n) is 3.84. The van der Waals surface area contributed by atoms with E-state index in [4.69, 9.17) is 5.11 Å². The van der Waals surface area contributed by atoms with Crippen molar-refractivity contribution in [3.63, 3.8) is 0 Å². The molecule has 106 valence electrons. The molecule has 1 N–H and O–H groups in total. The Morgan fingerprint density at radius 3 is 2.90 bits per heavy atom. The van der Waals surface area contributed by atoms with Gasteiger partial charge in [-0.2, -0.15) is 0 Å². The fraction of sp³-hybridized carbons (Fsp3) is 0.357. The average molecular weight is 341 g/mol. The van der Waals surface area contributed by atoms with Crippen LogP contribution < -0.4 is 0 Å². The molecule has 2 atom stereocenters. The van der Waals surface area contributed by atoms with E-state index in [0.29, 0.717) is 13.0 Å². The Labute approximate surface area is 123 Å². The molecule has 3 rings (SSSR count). The lowest BCUT2D eigenvalue weighted by molar-refractivity contribution is 0.0807. The van der Waals surface area contributed by atoms with Crippen LogP contribution in [0.4, 0.5) is 9.18 Å². The number of amides is 1. The second kappa shape index (κ2) is 5.09. The van der Waals surface area contributed by atoms with Crippen LogP contribution in [0.1, 0.15) is 12.5 Å². The van der Waals surface area contributed by atoms with E-state index in [0.717, 1.165) is 20.3 Å². The maximum Gasteiger partial charge on any atom is 0.407 e. The lowest BCUT2D eigenvalue weighted by Gasteiger charge is -2.34. The number of benzene rings is 1. The zero-order chi connectivity index (χ0) is 14.3. The highest BCUT2D eigenvalue weighted by atomic mass is 79.9. The first kappa shape index (κ1) is 13.4. The molecule has 2 heterocycles. The molecule has 0 spiro atoms. The summed E-state index contributed by atoms with van der Waals surface area (Å²) in [6.07, 6.45) is 0.132. The summed E-state index contributed by atoms with van der Waals surface area (Å²) in [5.41, 5.74) is 0.968. The molecule has 1 fully saturated rings. The number of piperidine rings is 1. The average Bonchev–Trinajstić information content (AvgIpc) is 2.84. The Morgan fingerprint density at radius 2 is 2.20 bits per heavy atom. The predicted molar refractivity (Wildman–Crippen MR) is 77.8 cm³/mol. The molecular weight excluding hydrogens is 327 g/mol. The highest BCUT2D eigenvalue weighted by Crippen LogP contribution is 2.32. The molecule has 1 aromatic heterocycles. The number of rotatable bonds is 1. The highest BCUT2D eigenvalue weighted by molar-refractivity contribution is 9.10. The van der Waals surface area contributed by atoms with Crippen LogP contribution in [0.25, 0.3) is 10.9 Å². The van der Waals surface area contributed by atoms with Gasteiger partial charge in [-0.1, -0.05) is 22.0 Å². The van der Waals surface area contributed by atoms with Crippen molar-refractivity contribution in [2.75, 3.05) is 13.1 Å². The van der Waals surface area contributed by atoms with Crippen molar-refractivity contribution in [2.45, 2.75) is 18.6 Å². The first-order valence-electron chi connectivity index (χ1n) is 6.45. The van der Waals surface area contributed by atoms with Gasteiger partial charge in [0, 0.05) is 28.1 Å². The van der Waals surface area contributed by atoms with Gasteiger partial charge in [0.25, 0.3) is 0 Å². The van der Waals surface area contributed by atoms with Gasteiger partial charge in [0.1, 0.15) is 6.17 Å². The molecule has 0 radical (unpaired) electrons. The summed E-state index contributed by atoms with van der Waals surface area (Å²) in [4.78, 5) is 12.0. The number of carboxylic acid groups (broad SMARTS) is 1. The molecule has 0 saturated carbocycles. The lowest BCUT2D eigenvalue weighted by Crippen LogP contribution is -2.44. The van der Waals surface area contributed by atoms with Gasteiger partial charge >= 0.3 is 6.09 Å². The minimum Gasteiger partial charge on any atom is -0.465 e. The minimum atomic E-state index is -1.19. The third kappa shape index (κ3) is 2.18. The maximum atomic E-state index is 14.3. The molecule has 1 aliphatic heterocycles. The van der Waals surface area contributed by atoms with Crippen LogP contribution in [0.3, 0.4) is 0 Å². The molecule has 1 saturated heterocycles. The molecule has 0 aliphatic carbocycles. The van der Waals surface area contributed by atoms with E-state index in [9.17, 15) is 9.18 Å². The van der Waals surface area contributed by atoms with Gasteiger partial charge < -0.3 is 14.6 Å². The van der Waals surface area contributed by atoms with E-state index in [2.05, 4.69) is 15.9 Å². The normalized spacial score (nSPS) is 23.2. The van der Waals surface area contributed by atoms with Crippen LogP contribution in [0.5, 0.6) is 0 Å². The van der Waals surface area contributed by atoms with Crippen molar-refractivity contribution in [3.05, 3.63) is 34.9 Å². The predicted octanol–water partition coefficient (Wildman–Crippen LogP) is 3.67. The molecule has 20 heavy (non-hydrogen) atoms. The van der Waals surface area contributed by atoms with E-state index in [1.807, 2.05) is 35.0 Å². The molecular formula is C14H14BrFN2O2. The maximum absolute atomic E-state index is 14.3. The van der Waals surface area contributed by atoms with E-state index in [1.54, 1.807) is 0 Å². The quantitative estimate of drug-likeness (QED) is 0.860. The van der Waals surface area contributed by atoms with Gasteiger partial charge in [0.15, 0.2) is 0 Å². The smallest absolute Gasteiger partial charge is 0.407 e. The van der Waals surface area contributed by atoms with Gasteiger partial charge in [-0.15, -0.1) is 0 Å². The number of aromatic nitrogens is 1. The molecule has 1 aliphatic rings. The number of carbonyl (C=O) groups is 1. The number of fused-ring (bicyclic) bond motifs is 1. The van der Waals surface area contributed by atoms with Crippen molar-refractivity contribution in [3.8, 4) is 0 Å². The minimum absolute atomic E-state index is 0.0618. The zero-order valence-electron chi connectivity index (χ0n) is 10.7. The number of likely N-dealkylation sites (tertiary alicyclic amines) is 1. The number of nitrogens with zero attached hydrogens (tertiary/aromatic N) is 2. The summed E-state index contributed by atoms with van der Waals surface area (Å²) in [7, 11) is 0. The summed E-state index contributed by atoms with van der Waals surface area (Å²) in [5, 5.41) is 9.97. The number of hydrogen-bond donors (Lipinski definition) is 1. The third-order valence-corrected chi connectivity index (χ3v) is 4.54. The summed E-state index contributed by atoms with van der Waals surface area (Å²) in [5.74, 6) is 0. The zero-order valence-corrected chi connectivity index (χ0v) is 12.3. The lowest BCUT2D eigenvalue weighted by atomic mass is 10.0. The molecule has 0 unspecified atom stereocenters. The second-order valence-electron chi connectivity index (χ2n) is 5.00. The van der Waals surface area contributed by atoms with Crippen molar-refractivity contribution >= 4 is 32.9 Å².